The molecule has 212 valence electrons. The van der Waals surface area contributed by atoms with Crippen LogP contribution in [0.25, 0.3) is 0 Å². The Bertz CT molecular complexity index is 1110. The Balaban J connectivity index is 0.000000293. The van der Waals surface area contributed by atoms with Gasteiger partial charge in [0.25, 0.3) is 11.8 Å². The van der Waals surface area contributed by atoms with Gasteiger partial charge in [0, 0.05) is 12.8 Å². The van der Waals surface area contributed by atoms with Gasteiger partial charge in [0.1, 0.15) is 0 Å². The van der Waals surface area contributed by atoms with Crippen molar-refractivity contribution in [3.63, 3.8) is 0 Å². The molecule has 0 aromatic heterocycles. The van der Waals surface area contributed by atoms with E-state index >= 15 is 0 Å². The maximum Gasteiger partial charge on any atom is 0.363 e. The second kappa shape index (κ2) is 14.4. The van der Waals surface area contributed by atoms with E-state index in [1.54, 1.807) is 24.3 Å². The number of hydrogen-bond donors (Lipinski definition) is 1. The van der Waals surface area contributed by atoms with Crippen LogP contribution in [0.5, 0.6) is 0 Å². The number of imide groups is 1. The standard InChI is InChI=1S/C17H23NO4Si.C13H20O2Si/c1-11(2)23(12(3)4)14-7-5-13(6-8-14)17(21)22-18-15(19)9-10-16(18)20;1-9(2)16(10(3)4)12-7-5-11(6-8-12)13(14)15/h5-8,11-12,23H,9-10H2,1-4H3;5-10,16H,1-4H3,(H,14,15). The third kappa shape index (κ3) is 8.73. The van der Waals surface area contributed by atoms with Crippen LogP contribution in [0.15, 0.2) is 48.5 Å². The highest BCUT2D eigenvalue weighted by Gasteiger charge is 2.33. The van der Waals surface area contributed by atoms with Gasteiger partial charge in [-0.15, -0.1) is 5.06 Å². The summed E-state index contributed by atoms with van der Waals surface area (Å²) in [6.07, 6.45) is 0.197. The lowest BCUT2D eigenvalue weighted by molar-refractivity contribution is -0.172. The Morgan fingerprint density at radius 3 is 1.31 bits per heavy atom. The van der Waals surface area contributed by atoms with Crippen LogP contribution in [0.3, 0.4) is 0 Å². The summed E-state index contributed by atoms with van der Waals surface area (Å²) in [7, 11) is -2.10. The van der Waals surface area contributed by atoms with Gasteiger partial charge in [-0.05, 0) is 46.4 Å². The van der Waals surface area contributed by atoms with Crippen LogP contribution in [0, 0.1) is 0 Å². The van der Waals surface area contributed by atoms with Gasteiger partial charge in [0.2, 0.25) is 0 Å². The molecule has 3 rings (SSSR count). The molecule has 0 saturated carbocycles. The summed E-state index contributed by atoms with van der Waals surface area (Å²) in [6.45, 7) is 18.0. The topological polar surface area (TPSA) is 101 Å². The monoisotopic (exact) mass is 569 g/mol. The third-order valence-corrected chi connectivity index (χ3v) is 15.2. The Kier molecular flexibility index (Phi) is 11.9. The molecule has 0 atom stereocenters. The molecule has 2 amide bonds. The van der Waals surface area contributed by atoms with Crippen molar-refractivity contribution < 1.29 is 29.1 Å². The lowest BCUT2D eigenvalue weighted by Gasteiger charge is -2.23. The Labute approximate surface area is 235 Å². The summed E-state index contributed by atoms with van der Waals surface area (Å²) in [5, 5.41) is 12.1. The Morgan fingerprint density at radius 2 is 1.00 bits per heavy atom. The predicted molar refractivity (Wildman–Crippen MR) is 160 cm³/mol. The quantitative estimate of drug-likeness (QED) is 0.344. The molecule has 2 aromatic carbocycles. The second-order valence-electron chi connectivity index (χ2n) is 11.5. The van der Waals surface area contributed by atoms with E-state index < -0.39 is 41.3 Å². The van der Waals surface area contributed by atoms with Gasteiger partial charge in [0.15, 0.2) is 0 Å². The van der Waals surface area contributed by atoms with Gasteiger partial charge in [-0.1, -0.05) is 90.0 Å². The largest absolute Gasteiger partial charge is 0.478 e. The molecule has 1 aliphatic heterocycles. The van der Waals surface area contributed by atoms with Crippen LogP contribution in [0.1, 0.15) is 88.9 Å². The average molecular weight is 570 g/mol. The highest BCUT2D eigenvalue weighted by atomic mass is 28.3. The smallest absolute Gasteiger partial charge is 0.363 e. The van der Waals surface area contributed by atoms with E-state index in [1.807, 2.05) is 24.3 Å². The van der Waals surface area contributed by atoms with Crippen LogP contribution in [0.4, 0.5) is 0 Å². The lowest BCUT2D eigenvalue weighted by Crippen LogP contribution is -2.36. The van der Waals surface area contributed by atoms with E-state index in [4.69, 9.17) is 9.94 Å². The van der Waals surface area contributed by atoms with Crippen LogP contribution >= 0.6 is 0 Å². The van der Waals surface area contributed by atoms with Crippen molar-refractivity contribution in [2.24, 2.45) is 0 Å². The zero-order chi connectivity index (χ0) is 29.4. The summed E-state index contributed by atoms with van der Waals surface area (Å²) in [5.74, 6) is -2.45. The molecule has 9 heteroatoms. The normalized spacial score (nSPS) is 13.6. The molecule has 7 nitrogen and oxygen atoms in total. The molecular formula is C30H43NO6Si2. The van der Waals surface area contributed by atoms with Crippen LogP contribution < -0.4 is 10.4 Å². The van der Waals surface area contributed by atoms with Gasteiger partial charge < -0.3 is 9.94 Å². The minimum Gasteiger partial charge on any atom is -0.478 e. The van der Waals surface area contributed by atoms with Gasteiger partial charge >= 0.3 is 11.9 Å². The Morgan fingerprint density at radius 1 is 0.667 bits per heavy atom. The first-order chi connectivity index (χ1) is 18.2. The fraction of sp³-hybridized carbons (Fsp3) is 0.467. The number of hydroxylamine groups is 2. The van der Waals surface area contributed by atoms with Crippen molar-refractivity contribution in [1.82, 2.24) is 5.06 Å². The van der Waals surface area contributed by atoms with Crippen LogP contribution in [-0.4, -0.2) is 51.5 Å². The highest BCUT2D eigenvalue weighted by molar-refractivity contribution is 6.76. The number of carboxylic acid groups (broad SMARTS) is 1. The number of carbonyl (C=O) groups excluding carboxylic acids is 3. The summed E-state index contributed by atoms with van der Waals surface area (Å²) in [5.41, 5.74) is 3.40. The van der Waals surface area contributed by atoms with E-state index in [-0.39, 0.29) is 12.8 Å². The van der Waals surface area contributed by atoms with Crippen molar-refractivity contribution in [1.29, 1.82) is 0 Å². The molecule has 39 heavy (non-hydrogen) atoms. The molecule has 0 bridgehead atoms. The van der Waals surface area contributed by atoms with Crippen LogP contribution in [-0.2, 0) is 14.4 Å². The number of amides is 2. The average Bonchev–Trinajstić information content (AvgIpc) is 3.16. The number of nitrogens with zero attached hydrogens (tertiary/aromatic N) is 1. The van der Waals surface area contributed by atoms with E-state index in [2.05, 4.69) is 55.4 Å². The Hall–Kier alpha value is -3.05. The van der Waals surface area contributed by atoms with Crippen molar-refractivity contribution in [3.05, 3.63) is 59.7 Å². The zero-order valence-electron chi connectivity index (χ0n) is 24.4. The molecule has 1 heterocycles. The number of rotatable bonds is 9. The molecule has 0 aliphatic carbocycles. The number of hydrogen-bond acceptors (Lipinski definition) is 5. The van der Waals surface area contributed by atoms with Crippen molar-refractivity contribution >= 4 is 51.7 Å². The van der Waals surface area contributed by atoms with Crippen molar-refractivity contribution in [2.45, 2.75) is 90.4 Å². The zero-order valence-corrected chi connectivity index (χ0v) is 26.7. The third-order valence-electron chi connectivity index (χ3n) is 7.13. The number of benzene rings is 2. The maximum absolute atomic E-state index is 12.1. The fourth-order valence-electron chi connectivity index (χ4n) is 5.56. The second-order valence-corrected chi connectivity index (χ2v) is 20.3. The molecule has 1 saturated heterocycles. The first-order valence-electron chi connectivity index (χ1n) is 13.8. The van der Waals surface area contributed by atoms with Gasteiger partial charge in [0.05, 0.1) is 28.7 Å². The lowest BCUT2D eigenvalue weighted by atomic mass is 10.2. The number of carboxylic acids is 1. The molecule has 2 aromatic rings. The summed E-state index contributed by atoms with van der Waals surface area (Å²) in [4.78, 5) is 50.7. The molecule has 1 N–H and O–H groups in total. The number of aromatic carboxylic acids is 1. The SMILES string of the molecule is CC(C)[SiH](c1ccc(C(=O)O)cc1)C(C)C.CC(C)[SiH](c1ccc(C(=O)ON2C(=O)CCC2=O)cc1)C(C)C. The van der Waals surface area contributed by atoms with E-state index in [9.17, 15) is 19.2 Å². The minimum atomic E-state index is -1.11. The summed E-state index contributed by atoms with van der Waals surface area (Å²) < 4.78 is 0. The molecule has 0 spiro atoms. The first-order valence-corrected chi connectivity index (χ1v) is 17.6. The van der Waals surface area contributed by atoms with E-state index in [1.165, 1.54) is 10.4 Å². The fourth-order valence-corrected chi connectivity index (χ4v) is 13.0. The van der Waals surface area contributed by atoms with E-state index in [0.717, 1.165) is 0 Å². The van der Waals surface area contributed by atoms with Crippen molar-refractivity contribution in [2.75, 3.05) is 0 Å². The van der Waals surface area contributed by atoms with Gasteiger partial charge in [-0.3, -0.25) is 9.59 Å². The molecule has 1 aliphatic rings. The maximum atomic E-state index is 12.1. The molecular weight excluding hydrogens is 527 g/mol. The predicted octanol–water partition coefficient (Wildman–Crippen LogP) is 4.80. The summed E-state index contributed by atoms with van der Waals surface area (Å²) >= 11 is 0. The molecule has 0 unspecified atom stereocenters. The van der Waals surface area contributed by atoms with E-state index in [0.29, 0.717) is 38.4 Å². The summed E-state index contributed by atoms with van der Waals surface area (Å²) in [6, 6.07) is 14.8. The molecule has 1 fully saturated rings. The highest BCUT2D eigenvalue weighted by Crippen LogP contribution is 2.21. The first kappa shape index (κ1) is 32.2. The number of carbonyl (C=O) groups is 4. The van der Waals surface area contributed by atoms with Gasteiger partial charge in [-0.25, -0.2) is 9.59 Å². The van der Waals surface area contributed by atoms with Gasteiger partial charge in [-0.2, -0.15) is 0 Å². The molecule has 0 radical (unpaired) electrons. The van der Waals surface area contributed by atoms with Crippen molar-refractivity contribution in [3.8, 4) is 0 Å². The minimum absolute atomic E-state index is 0.0983. The van der Waals surface area contributed by atoms with Crippen LogP contribution in [0.2, 0.25) is 22.2 Å².